The third kappa shape index (κ3) is 7.25. The van der Waals surface area contributed by atoms with E-state index in [1.807, 2.05) is 42.5 Å². The molecule has 3 aromatic heterocycles. The number of nitrogen functional groups attached to an aromatic ring is 1. The minimum absolute atomic E-state index is 0.00982. The van der Waals surface area contributed by atoms with E-state index < -0.39 is 17.2 Å². The Morgan fingerprint density at radius 1 is 1.02 bits per heavy atom. The van der Waals surface area contributed by atoms with Crippen LogP contribution in [-0.4, -0.2) is 73.1 Å². The van der Waals surface area contributed by atoms with Crippen molar-refractivity contribution in [1.82, 2.24) is 34.5 Å². The molecule has 2 aliphatic heterocycles. The zero-order valence-corrected chi connectivity index (χ0v) is 29.7. The van der Waals surface area contributed by atoms with Gasteiger partial charge in [0.15, 0.2) is 5.82 Å². The molecule has 274 valence electrons. The first-order chi connectivity index (χ1) is 25.7. The molecule has 1 atom stereocenters. The lowest BCUT2D eigenvalue weighted by Crippen LogP contribution is -2.44. The Morgan fingerprint density at radius 3 is 2.62 bits per heavy atom. The van der Waals surface area contributed by atoms with Crippen LogP contribution in [-0.2, 0) is 18.7 Å². The van der Waals surface area contributed by atoms with Gasteiger partial charge in [-0.2, -0.15) is 5.10 Å². The molecule has 0 aliphatic carbocycles. The Hall–Kier alpha value is -5.22. The predicted octanol–water partition coefficient (Wildman–Crippen LogP) is 4.96. The maximum Gasteiger partial charge on any atom is 0.298 e. The molecule has 8 rings (SSSR count). The lowest BCUT2D eigenvalue weighted by molar-refractivity contribution is -0.00765. The van der Waals surface area contributed by atoms with Gasteiger partial charge in [-0.25, -0.2) is 23.4 Å². The molecule has 0 unspecified atom stereocenters. The lowest BCUT2D eigenvalue weighted by Gasteiger charge is -2.35. The Labute approximate surface area is 308 Å². The second-order valence-electron chi connectivity index (χ2n) is 13.5. The molecule has 53 heavy (non-hydrogen) atoms. The number of anilines is 3. The Balaban J connectivity index is 0.935. The largest absolute Gasteiger partial charge is 0.490 e. The van der Waals surface area contributed by atoms with Gasteiger partial charge < -0.3 is 30.7 Å². The molecule has 0 spiro atoms. The maximum atomic E-state index is 14.9. The number of likely N-dealkylation sites (tertiary alicyclic amines) is 1. The molecule has 0 bridgehead atoms. The molecular weight excluding hydrogens is 701 g/mol. The smallest absolute Gasteiger partial charge is 0.298 e. The second kappa shape index (κ2) is 14.7. The number of nitrogens with two attached hydrogens (primary N) is 1. The molecule has 15 heteroatoms. The summed E-state index contributed by atoms with van der Waals surface area (Å²) in [6.07, 6.45) is 4.81. The standard InChI is InChI=1S/C38H39F2N9O3S/c39-25-6-8-30(31(40)18-25)38(51,22-47-24-42-23-44-47)12-15-46-13-10-26(11-14-46)43-21-29-20-33-36(53-29)45-35(41)37(50)49(33)28-7-9-34-32(19-28)48(16-17-52-34)27-4-2-1-3-5-27/h1-9,18-20,23-24,26,43,51H,10-17,21-22H2,(H2,41,45)/t38-/m1/s1. The number of rotatable bonds is 11. The van der Waals surface area contributed by atoms with Crippen LogP contribution < -0.4 is 26.2 Å². The second-order valence-corrected chi connectivity index (χ2v) is 14.6. The molecule has 2 aliphatic rings. The molecule has 5 heterocycles. The van der Waals surface area contributed by atoms with Gasteiger partial charge in [-0.05, 0) is 74.8 Å². The zero-order valence-electron chi connectivity index (χ0n) is 28.9. The normalized spacial score (nSPS) is 16.4. The number of hydrogen-bond acceptors (Lipinski definition) is 11. The van der Waals surface area contributed by atoms with Crippen molar-refractivity contribution in [2.45, 2.75) is 44.0 Å². The number of thiophene rings is 1. The van der Waals surface area contributed by atoms with Crippen LogP contribution in [0.3, 0.4) is 0 Å². The summed E-state index contributed by atoms with van der Waals surface area (Å²) in [5.41, 5.74) is 7.52. The van der Waals surface area contributed by atoms with Crippen LogP contribution in [0.25, 0.3) is 16.0 Å². The Bertz CT molecular complexity index is 2280. The molecule has 0 saturated carbocycles. The summed E-state index contributed by atoms with van der Waals surface area (Å²) in [6.45, 7) is 3.92. The average Bonchev–Trinajstić information content (AvgIpc) is 3.83. The number of fused-ring (bicyclic) bond motifs is 2. The van der Waals surface area contributed by atoms with Crippen LogP contribution in [0.1, 0.15) is 29.7 Å². The molecule has 0 radical (unpaired) electrons. The van der Waals surface area contributed by atoms with Crippen molar-refractivity contribution in [3.8, 4) is 11.4 Å². The zero-order chi connectivity index (χ0) is 36.5. The summed E-state index contributed by atoms with van der Waals surface area (Å²) in [5, 5.41) is 19.5. The van der Waals surface area contributed by atoms with Crippen LogP contribution in [0, 0.1) is 11.6 Å². The number of benzene rings is 3. The number of halogens is 2. The number of para-hydroxylation sites is 1. The van der Waals surface area contributed by atoms with E-state index >= 15 is 0 Å². The van der Waals surface area contributed by atoms with E-state index in [0.29, 0.717) is 42.3 Å². The van der Waals surface area contributed by atoms with Gasteiger partial charge in [0.25, 0.3) is 5.56 Å². The van der Waals surface area contributed by atoms with Crippen molar-refractivity contribution in [2.75, 3.05) is 43.4 Å². The maximum absolute atomic E-state index is 14.9. The number of nitrogens with zero attached hydrogens (tertiary/aromatic N) is 7. The van der Waals surface area contributed by atoms with Crippen LogP contribution in [0.2, 0.25) is 0 Å². The monoisotopic (exact) mass is 739 g/mol. The van der Waals surface area contributed by atoms with E-state index in [0.717, 1.165) is 60.1 Å². The molecule has 6 aromatic rings. The van der Waals surface area contributed by atoms with Crippen molar-refractivity contribution in [3.05, 3.63) is 118 Å². The predicted molar refractivity (Wildman–Crippen MR) is 200 cm³/mol. The van der Waals surface area contributed by atoms with Crippen molar-refractivity contribution in [2.24, 2.45) is 0 Å². The molecule has 0 amide bonds. The molecule has 1 saturated heterocycles. The molecule has 3 aromatic carbocycles. The Morgan fingerprint density at radius 2 is 1.85 bits per heavy atom. The fraction of sp³-hybridized carbons (Fsp3) is 0.316. The first-order valence-corrected chi connectivity index (χ1v) is 18.4. The van der Waals surface area contributed by atoms with Gasteiger partial charge in [0, 0.05) is 41.3 Å². The summed E-state index contributed by atoms with van der Waals surface area (Å²) in [7, 11) is 0. The average molecular weight is 740 g/mol. The number of aromatic nitrogens is 5. The fourth-order valence-corrected chi connectivity index (χ4v) is 8.28. The summed E-state index contributed by atoms with van der Waals surface area (Å²) >= 11 is 1.50. The van der Waals surface area contributed by atoms with Crippen molar-refractivity contribution >= 4 is 38.9 Å². The minimum atomic E-state index is -1.60. The third-order valence-electron chi connectivity index (χ3n) is 10.1. The van der Waals surface area contributed by atoms with Crippen LogP contribution in [0.5, 0.6) is 5.75 Å². The van der Waals surface area contributed by atoms with E-state index in [-0.39, 0.29) is 35.9 Å². The van der Waals surface area contributed by atoms with E-state index in [1.54, 1.807) is 4.57 Å². The highest BCUT2D eigenvalue weighted by molar-refractivity contribution is 7.18. The highest BCUT2D eigenvalue weighted by atomic mass is 32.1. The highest BCUT2D eigenvalue weighted by Crippen LogP contribution is 2.39. The number of nitrogens with one attached hydrogen (secondary N) is 1. The number of ether oxygens (including phenoxy) is 1. The third-order valence-corrected chi connectivity index (χ3v) is 11.1. The number of aliphatic hydroxyl groups is 1. The van der Waals surface area contributed by atoms with Gasteiger partial charge in [-0.1, -0.05) is 24.3 Å². The quantitative estimate of drug-likeness (QED) is 0.167. The van der Waals surface area contributed by atoms with E-state index in [2.05, 4.69) is 42.3 Å². The van der Waals surface area contributed by atoms with Gasteiger partial charge in [0.2, 0.25) is 0 Å². The number of hydrogen-bond donors (Lipinski definition) is 3. The van der Waals surface area contributed by atoms with Crippen LogP contribution in [0.15, 0.2) is 90.2 Å². The van der Waals surface area contributed by atoms with Crippen molar-refractivity contribution in [1.29, 1.82) is 0 Å². The molecule has 4 N–H and O–H groups in total. The van der Waals surface area contributed by atoms with Gasteiger partial charge in [-0.15, -0.1) is 11.3 Å². The molecular formula is C38H39F2N9O3S. The van der Waals surface area contributed by atoms with Gasteiger partial charge in [0.1, 0.15) is 47.1 Å². The number of piperidine rings is 1. The SMILES string of the molecule is Nc1nc2sc(CNC3CCN(CC[C@@](O)(Cn4cncn4)c4ccc(F)cc4F)CC3)cc2n(-c2ccc3c(c2)N(c2ccccc2)CCO3)c1=O. The van der Waals surface area contributed by atoms with E-state index in [1.165, 1.54) is 34.7 Å². The Kier molecular flexibility index (Phi) is 9.64. The molecule has 1 fully saturated rings. The highest BCUT2D eigenvalue weighted by Gasteiger charge is 2.34. The van der Waals surface area contributed by atoms with Crippen LogP contribution >= 0.6 is 11.3 Å². The minimum Gasteiger partial charge on any atom is -0.490 e. The topological polar surface area (TPSA) is 140 Å². The fourth-order valence-electron chi connectivity index (χ4n) is 7.30. The summed E-state index contributed by atoms with van der Waals surface area (Å²) in [5.74, 6) is -0.801. The summed E-state index contributed by atoms with van der Waals surface area (Å²) in [6, 6.07) is 21.4. The summed E-state index contributed by atoms with van der Waals surface area (Å²) in [4.78, 5) is 28.0. The van der Waals surface area contributed by atoms with E-state index in [9.17, 15) is 18.7 Å². The van der Waals surface area contributed by atoms with Crippen LogP contribution in [0.4, 0.5) is 26.0 Å². The first-order valence-electron chi connectivity index (χ1n) is 17.6. The van der Waals surface area contributed by atoms with Crippen molar-refractivity contribution in [3.63, 3.8) is 0 Å². The molecule has 12 nitrogen and oxygen atoms in total. The van der Waals surface area contributed by atoms with Gasteiger partial charge in [0.05, 0.1) is 30.0 Å². The first kappa shape index (κ1) is 34.8. The van der Waals surface area contributed by atoms with Crippen molar-refractivity contribution < 1.29 is 18.6 Å². The summed E-state index contributed by atoms with van der Waals surface area (Å²) < 4.78 is 37.6. The van der Waals surface area contributed by atoms with Gasteiger partial charge >= 0.3 is 0 Å². The lowest BCUT2D eigenvalue weighted by atomic mass is 9.89. The van der Waals surface area contributed by atoms with Gasteiger partial charge in [-0.3, -0.25) is 9.36 Å². The van der Waals surface area contributed by atoms with E-state index in [4.69, 9.17) is 10.5 Å².